The lowest BCUT2D eigenvalue weighted by molar-refractivity contribution is 0.743. The Labute approximate surface area is 140 Å². The molecule has 0 aliphatic rings. The van der Waals surface area contributed by atoms with Gasteiger partial charge >= 0.3 is 0 Å². The molecule has 0 N–H and O–H groups in total. The standard InChI is InChI=1S/C14H41NSi5/c1-4-7-10-20(11-8-5-2,12-9-6-3)15(18-13-16)19-14-17/h4-14,18-19H2,1-3,16-17H3. The van der Waals surface area contributed by atoms with E-state index < -0.39 is 8.24 Å². The Balaban J connectivity index is 5.03. The maximum atomic E-state index is 3.36. The van der Waals surface area contributed by atoms with Crippen molar-refractivity contribution in [3.63, 3.8) is 0 Å². The molecule has 0 atom stereocenters. The molecule has 0 aromatic carbocycles. The Kier molecular flexibility index (Phi) is 14.4. The van der Waals surface area contributed by atoms with Gasteiger partial charge in [-0.3, -0.25) is 0 Å². The molecule has 6 heteroatoms. The van der Waals surface area contributed by atoms with E-state index >= 15 is 0 Å². The van der Waals surface area contributed by atoms with Crippen LogP contribution in [0.2, 0.25) is 29.5 Å². The minimum Gasteiger partial charge on any atom is -0.378 e. The van der Waals surface area contributed by atoms with Gasteiger partial charge in [-0.25, -0.2) is 0 Å². The Bertz CT molecular complexity index is 188. The van der Waals surface area contributed by atoms with Gasteiger partial charge in [0.05, 0.1) is 19.4 Å². The number of unbranched alkanes of at least 4 members (excludes halogenated alkanes) is 3. The van der Waals surface area contributed by atoms with Crippen molar-refractivity contribution < 1.29 is 0 Å². The van der Waals surface area contributed by atoms with Crippen molar-refractivity contribution in [2.24, 2.45) is 0 Å². The molecular formula is C14H41NSi5. The van der Waals surface area contributed by atoms with Crippen molar-refractivity contribution in [3.05, 3.63) is 0 Å². The predicted octanol–water partition coefficient (Wildman–Crippen LogP) is 1.28. The van der Waals surface area contributed by atoms with Crippen LogP contribution in [0.3, 0.4) is 0 Å². The molecule has 0 unspecified atom stereocenters. The van der Waals surface area contributed by atoms with Crippen LogP contribution >= 0.6 is 0 Å². The van der Waals surface area contributed by atoms with E-state index in [1.165, 1.54) is 59.0 Å². The molecule has 0 saturated heterocycles. The zero-order valence-electron chi connectivity index (χ0n) is 15.1. The van der Waals surface area contributed by atoms with Crippen molar-refractivity contribution >= 4 is 48.1 Å². The first-order valence-electron chi connectivity index (χ1n) is 9.45. The van der Waals surface area contributed by atoms with Gasteiger partial charge in [-0.1, -0.05) is 70.6 Å². The summed E-state index contributed by atoms with van der Waals surface area (Å²) < 4.78 is 3.36. The van der Waals surface area contributed by atoms with Crippen molar-refractivity contribution in [3.8, 4) is 0 Å². The molecule has 122 valence electrons. The number of nitrogens with zero attached hydrogens (tertiary/aromatic N) is 1. The van der Waals surface area contributed by atoms with Crippen LogP contribution in [-0.2, 0) is 0 Å². The highest BCUT2D eigenvalue weighted by Gasteiger charge is 2.36. The summed E-state index contributed by atoms with van der Waals surface area (Å²) in [7, 11) is 2.26. The third kappa shape index (κ3) is 7.88. The van der Waals surface area contributed by atoms with E-state index in [0.29, 0.717) is 0 Å². The second-order valence-corrected chi connectivity index (χ2v) is 23.7. The van der Waals surface area contributed by atoms with Gasteiger partial charge in [-0.15, -0.1) is 0 Å². The summed E-state index contributed by atoms with van der Waals surface area (Å²) in [5.41, 5.74) is 3.32. The molecule has 20 heavy (non-hydrogen) atoms. The van der Waals surface area contributed by atoms with E-state index in [1.807, 2.05) is 0 Å². The molecular weight excluding hydrogens is 323 g/mol. The fraction of sp³-hybridized carbons (Fsp3) is 1.00. The van der Waals surface area contributed by atoms with Crippen LogP contribution in [0.5, 0.6) is 0 Å². The SMILES string of the molecule is CCCC[Si](CCCC)(CCCC)N([SiH2]C[SiH3])[SiH2]C[SiH3]. The van der Waals surface area contributed by atoms with Crippen molar-refractivity contribution in [1.82, 2.24) is 3.90 Å². The van der Waals surface area contributed by atoms with E-state index in [4.69, 9.17) is 0 Å². The number of hydrogen-bond donors (Lipinski definition) is 0. The maximum Gasteiger partial charge on any atom is 0.114 e. The lowest BCUT2D eigenvalue weighted by atomic mass is 10.4. The predicted molar refractivity (Wildman–Crippen MR) is 113 cm³/mol. The van der Waals surface area contributed by atoms with Crippen LogP contribution in [0, 0.1) is 0 Å². The zero-order valence-corrected chi connectivity index (χ0v) is 23.0. The second-order valence-electron chi connectivity index (χ2n) is 6.52. The molecule has 0 amide bonds. The summed E-state index contributed by atoms with van der Waals surface area (Å²) in [5, 5.41) is 0. The first-order valence-corrected chi connectivity index (χ1v) is 18.1. The van der Waals surface area contributed by atoms with Crippen LogP contribution < -0.4 is 0 Å². The highest BCUT2D eigenvalue weighted by molar-refractivity contribution is 6.89. The topological polar surface area (TPSA) is 3.24 Å². The molecule has 0 fully saturated rings. The van der Waals surface area contributed by atoms with Gasteiger partial charge in [-0.05, 0) is 18.1 Å². The molecule has 0 radical (unpaired) electrons. The van der Waals surface area contributed by atoms with Crippen LogP contribution in [0.25, 0.3) is 0 Å². The van der Waals surface area contributed by atoms with Crippen LogP contribution in [-0.4, -0.2) is 52.0 Å². The summed E-state index contributed by atoms with van der Waals surface area (Å²) in [4.78, 5) is 0. The van der Waals surface area contributed by atoms with Gasteiger partial charge in [0.2, 0.25) is 0 Å². The smallest absolute Gasteiger partial charge is 0.114 e. The van der Waals surface area contributed by atoms with Crippen LogP contribution in [0.1, 0.15) is 59.3 Å². The number of hydrogen-bond acceptors (Lipinski definition) is 1. The Morgan fingerprint density at radius 1 is 0.750 bits per heavy atom. The average molecular weight is 364 g/mol. The quantitative estimate of drug-likeness (QED) is 0.420. The molecule has 0 aliphatic carbocycles. The largest absolute Gasteiger partial charge is 0.378 e. The van der Waals surface area contributed by atoms with Crippen LogP contribution in [0.4, 0.5) is 0 Å². The second kappa shape index (κ2) is 13.7. The first kappa shape index (κ1) is 21.0. The average Bonchev–Trinajstić information content (AvgIpc) is 2.47. The molecule has 0 aliphatic heterocycles. The highest BCUT2D eigenvalue weighted by atomic mass is 28.4. The lowest BCUT2D eigenvalue weighted by Crippen LogP contribution is -2.56. The number of rotatable bonds is 14. The summed E-state index contributed by atoms with van der Waals surface area (Å²) >= 11 is 0. The lowest BCUT2D eigenvalue weighted by Gasteiger charge is -2.44. The molecule has 0 heterocycles. The van der Waals surface area contributed by atoms with Gasteiger partial charge in [0.15, 0.2) is 0 Å². The minimum atomic E-state index is -1.03. The normalized spacial score (nSPS) is 13.8. The molecule has 0 spiro atoms. The maximum absolute atomic E-state index is 3.36. The Morgan fingerprint density at radius 2 is 1.10 bits per heavy atom. The highest BCUT2D eigenvalue weighted by Crippen LogP contribution is 2.31. The molecule has 0 aromatic heterocycles. The Hall–Kier alpha value is 1.04. The van der Waals surface area contributed by atoms with E-state index in [0.717, 1.165) is 0 Å². The molecule has 1 nitrogen and oxygen atoms in total. The monoisotopic (exact) mass is 363 g/mol. The van der Waals surface area contributed by atoms with E-state index in [2.05, 4.69) is 24.7 Å². The van der Waals surface area contributed by atoms with E-state index in [1.54, 1.807) is 29.5 Å². The minimum absolute atomic E-state index is 0.177. The van der Waals surface area contributed by atoms with Crippen LogP contribution in [0.15, 0.2) is 0 Å². The van der Waals surface area contributed by atoms with E-state index in [-0.39, 0.29) is 19.4 Å². The fourth-order valence-corrected chi connectivity index (χ4v) is 29.8. The molecule has 0 saturated carbocycles. The fourth-order valence-electron chi connectivity index (χ4n) is 3.49. The van der Waals surface area contributed by atoms with E-state index in [9.17, 15) is 0 Å². The van der Waals surface area contributed by atoms with Gasteiger partial charge in [-0.2, -0.15) is 0 Å². The van der Waals surface area contributed by atoms with Gasteiger partial charge in [0.25, 0.3) is 0 Å². The van der Waals surface area contributed by atoms with Crippen molar-refractivity contribution in [1.29, 1.82) is 0 Å². The zero-order chi connectivity index (χ0) is 15.3. The third-order valence-electron chi connectivity index (χ3n) is 4.64. The summed E-state index contributed by atoms with van der Waals surface area (Å²) in [6.45, 7) is 7.20. The Morgan fingerprint density at radius 3 is 1.35 bits per heavy atom. The van der Waals surface area contributed by atoms with Gasteiger partial charge < -0.3 is 3.90 Å². The third-order valence-corrected chi connectivity index (χ3v) is 21.8. The van der Waals surface area contributed by atoms with Crippen molar-refractivity contribution in [2.75, 3.05) is 0 Å². The van der Waals surface area contributed by atoms with Crippen molar-refractivity contribution in [2.45, 2.75) is 88.8 Å². The first-order chi connectivity index (χ1) is 9.70. The molecule has 0 aromatic rings. The molecule has 0 bridgehead atoms. The van der Waals surface area contributed by atoms with Gasteiger partial charge in [0.1, 0.15) is 8.24 Å². The summed E-state index contributed by atoms with van der Waals surface area (Å²) in [6, 6.07) is 4.98. The summed E-state index contributed by atoms with van der Waals surface area (Å²) in [5.74, 6) is 0. The molecule has 0 rings (SSSR count). The summed E-state index contributed by atoms with van der Waals surface area (Å²) in [6.07, 6.45) is 8.85. The van der Waals surface area contributed by atoms with Gasteiger partial charge in [0, 0.05) is 20.5 Å².